The van der Waals surface area contributed by atoms with Crippen molar-refractivity contribution in [1.82, 2.24) is 15.6 Å². The van der Waals surface area contributed by atoms with Crippen LogP contribution in [-0.2, 0) is 12.8 Å². The molecule has 0 aliphatic heterocycles. The predicted molar refractivity (Wildman–Crippen MR) is 128 cm³/mol. The summed E-state index contributed by atoms with van der Waals surface area (Å²) in [4.78, 5) is 29.2. The van der Waals surface area contributed by atoms with E-state index in [0.717, 1.165) is 25.7 Å². The second kappa shape index (κ2) is 11.8. The number of pyridine rings is 1. The first-order valence-corrected chi connectivity index (χ1v) is 11.2. The van der Waals surface area contributed by atoms with Gasteiger partial charge in [0.05, 0.1) is 5.56 Å². The molecule has 0 fully saturated rings. The van der Waals surface area contributed by atoms with Gasteiger partial charge in [-0.2, -0.15) is 0 Å². The molecule has 1 aromatic heterocycles. The topological polar surface area (TPSA) is 71.1 Å². The minimum atomic E-state index is -0.228. The van der Waals surface area contributed by atoms with Crippen molar-refractivity contribution in [2.75, 3.05) is 0 Å². The Morgan fingerprint density at radius 2 is 1.22 bits per heavy atom. The molecular weight excluding hydrogens is 398 g/mol. The smallest absolute Gasteiger partial charge is 0.270 e. The summed E-state index contributed by atoms with van der Waals surface area (Å²) >= 11 is 0. The summed E-state index contributed by atoms with van der Waals surface area (Å²) in [5.41, 5.74) is 3.26. The van der Waals surface area contributed by atoms with Gasteiger partial charge in [0, 0.05) is 18.3 Å². The van der Waals surface area contributed by atoms with E-state index >= 15 is 0 Å². The zero-order valence-corrected chi connectivity index (χ0v) is 18.8. The van der Waals surface area contributed by atoms with Gasteiger partial charge in [-0.1, -0.05) is 60.7 Å². The van der Waals surface area contributed by atoms with E-state index in [9.17, 15) is 9.59 Å². The first-order chi connectivity index (χ1) is 15.5. The molecule has 5 heteroatoms. The van der Waals surface area contributed by atoms with Crippen molar-refractivity contribution in [2.24, 2.45) is 0 Å². The molecule has 2 N–H and O–H groups in total. The second-order valence-corrected chi connectivity index (χ2v) is 8.23. The number of nitrogens with zero attached hydrogens (tertiary/aromatic N) is 1. The highest BCUT2D eigenvalue weighted by Crippen LogP contribution is 2.08. The van der Waals surface area contributed by atoms with E-state index in [2.05, 4.69) is 39.9 Å². The quantitative estimate of drug-likeness (QED) is 0.495. The summed E-state index contributed by atoms with van der Waals surface area (Å²) in [5.74, 6) is -0.407. The Labute approximate surface area is 190 Å². The first kappa shape index (κ1) is 23.2. The van der Waals surface area contributed by atoms with Gasteiger partial charge >= 0.3 is 0 Å². The highest BCUT2D eigenvalue weighted by molar-refractivity contribution is 5.96. The third-order valence-corrected chi connectivity index (χ3v) is 5.43. The molecule has 5 nitrogen and oxygen atoms in total. The molecule has 2 atom stereocenters. The average molecular weight is 430 g/mol. The molecule has 3 aromatic rings. The molecule has 3 rings (SSSR count). The molecule has 0 aliphatic rings. The van der Waals surface area contributed by atoms with Crippen LogP contribution >= 0.6 is 0 Å². The number of benzene rings is 2. The van der Waals surface area contributed by atoms with Crippen LogP contribution in [0.2, 0.25) is 0 Å². The molecule has 0 radical (unpaired) electrons. The fraction of sp³-hybridized carbons (Fsp3) is 0.296. The van der Waals surface area contributed by atoms with Gasteiger partial charge in [-0.05, 0) is 62.8 Å². The number of carbonyl (C=O) groups is 2. The molecule has 32 heavy (non-hydrogen) atoms. The maximum absolute atomic E-state index is 12.5. The molecule has 0 spiro atoms. The second-order valence-electron chi connectivity index (χ2n) is 8.23. The van der Waals surface area contributed by atoms with Gasteiger partial charge in [0.1, 0.15) is 5.69 Å². The van der Waals surface area contributed by atoms with E-state index < -0.39 is 0 Å². The lowest BCUT2D eigenvalue weighted by molar-refractivity contribution is 0.0922. The molecule has 2 amide bonds. The number of carbonyl (C=O) groups excluding carboxylic acids is 2. The minimum absolute atomic E-state index is 0.0259. The third kappa shape index (κ3) is 7.34. The summed E-state index contributed by atoms with van der Waals surface area (Å²) in [6.45, 7) is 3.98. The van der Waals surface area contributed by atoms with Gasteiger partial charge < -0.3 is 10.6 Å². The van der Waals surface area contributed by atoms with Crippen molar-refractivity contribution in [1.29, 1.82) is 0 Å². The van der Waals surface area contributed by atoms with E-state index in [0.29, 0.717) is 11.3 Å². The number of rotatable bonds is 10. The summed E-state index contributed by atoms with van der Waals surface area (Å²) < 4.78 is 0. The normalized spacial score (nSPS) is 12.6. The fourth-order valence-corrected chi connectivity index (χ4v) is 3.47. The van der Waals surface area contributed by atoms with Gasteiger partial charge in [-0.25, -0.2) is 0 Å². The molecule has 1 heterocycles. The van der Waals surface area contributed by atoms with Crippen LogP contribution in [0.1, 0.15) is 58.7 Å². The summed E-state index contributed by atoms with van der Waals surface area (Å²) in [5, 5.41) is 5.98. The first-order valence-electron chi connectivity index (χ1n) is 11.2. The van der Waals surface area contributed by atoms with Gasteiger partial charge in [-0.15, -0.1) is 0 Å². The summed E-state index contributed by atoms with van der Waals surface area (Å²) in [6, 6.07) is 23.7. The number of aromatic nitrogens is 1. The Bertz CT molecular complexity index is 906. The third-order valence-electron chi connectivity index (χ3n) is 5.43. The number of aryl methyl sites for hydroxylation is 2. The zero-order valence-electron chi connectivity index (χ0n) is 18.8. The molecule has 0 aliphatic carbocycles. The number of amides is 2. The monoisotopic (exact) mass is 429 g/mol. The SMILES string of the molecule is CC(CCc1ccccc1)NC(=O)c1ccc(C(=O)NC(C)CCc2ccccc2)nc1. The highest BCUT2D eigenvalue weighted by atomic mass is 16.2. The van der Waals surface area contributed by atoms with Crippen molar-refractivity contribution in [2.45, 2.75) is 51.6 Å². The van der Waals surface area contributed by atoms with E-state index in [1.54, 1.807) is 12.1 Å². The molecule has 166 valence electrons. The van der Waals surface area contributed by atoms with E-state index in [-0.39, 0.29) is 23.9 Å². The lowest BCUT2D eigenvalue weighted by atomic mass is 10.1. The van der Waals surface area contributed by atoms with Crippen LogP contribution in [0.4, 0.5) is 0 Å². The van der Waals surface area contributed by atoms with Crippen molar-refractivity contribution in [3.05, 3.63) is 101 Å². The summed E-state index contributed by atoms with van der Waals surface area (Å²) in [6.07, 6.45) is 4.96. The maximum Gasteiger partial charge on any atom is 0.270 e. The maximum atomic E-state index is 12.5. The van der Waals surface area contributed by atoms with E-state index in [4.69, 9.17) is 0 Å². The largest absolute Gasteiger partial charge is 0.350 e. The standard InChI is InChI=1S/C27H31N3O2/c1-20(13-15-22-9-5-3-6-10-22)29-26(31)24-17-18-25(28-19-24)27(32)30-21(2)14-16-23-11-7-4-8-12-23/h3-12,17-21H,13-16H2,1-2H3,(H,29,31)(H,30,32). The van der Waals surface area contributed by atoms with Crippen molar-refractivity contribution >= 4 is 11.8 Å². The number of hydrogen-bond donors (Lipinski definition) is 2. The summed E-state index contributed by atoms with van der Waals surface area (Å²) in [7, 11) is 0. The van der Waals surface area contributed by atoms with Crippen LogP contribution in [0.3, 0.4) is 0 Å². The predicted octanol–water partition coefficient (Wildman–Crippen LogP) is 4.58. The zero-order chi connectivity index (χ0) is 22.8. The lowest BCUT2D eigenvalue weighted by Gasteiger charge is -2.15. The number of nitrogens with one attached hydrogen (secondary N) is 2. The fourth-order valence-electron chi connectivity index (χ4n) is 3.47. The van der Waals surface area contributed by atoms with Crippen LogP contribution in [0.25, 0.3) is 0 Å². The van der Waals surface area contributed by atoms with Crippen molar-refractivity contribution in [3.63, 3.8) is 0 Å². The average Bonchev–Trinajstić information content (AvgIpc) is 2.83. The van der Waals surface area contributed by atoms with Crippen LogP contribution in [0.15, 0.2) is 79.0 Å². The molecule has 0 saturated heterocycles. The molecule has 0 saturated carbocycles. The van der Waals surface area contributed by atoms with Gasteiger partial charge in [-0.3, -0.25) is 14.6 Å². The van der Waals surface area contributed by atoms with Crippen molar-refractivity contribution in [3.8, 4) is 0 Å². The van der Waals surface area contributed by atoms with E-state index in [1.165, 1.54) is 17.3 Å². The van der Waals surface area contributed by atoms with Gasteiger partial charge in [0.2, 0.25) is 0 Å². The van der Waals surface area contributed by atoms with Gasteiger partial charge in [0.15, 0.2) is 0 Å². The Morgan fingerprint density at radius 1 is 0.719 bits per heavy atom. The molecule has 2 unspecified atom stereocenters. The number of hydrogen-bond acceptors (Lipinski definition) is 3. The van der Waals surface area contributed by atoms with Gasteiger partial charge in [0.25, 0.3) is 11.8 Å². The Kier molecular flexibility index (Phi) is 8.55. The minimum Gasteiger partial charge on any atom is -0.350 e. The Morgan fingerprint density at radius 3 is 1.69 bits per heavy atom. The van der Waals surface area contributed by atoms with E-state index in [1.807, 2.05) is 50.2 Å². The molecule has 2 aromatic carbocycles. The Balaban J connectivity index is 1.44. The van der Waals surface area contributed by atoms with Crippen molar-refractivity contribution < 1.29 is 9.59 Å². The van der Waals surface area contributed by atoms with Crippen LogP contribution < -0.4 is 10.6 Å². The van der Waals surface area contributed by atoms with Crippen LogP contribution in [0, 0.1) is 0 Å². The molecule has 0 bridgehead atoms. The highest BCUT2D eigenvalue weighted by Gasteiger charge is 2.14. The Hall–Kier alpha value is -3.47. The lowest BCUT2D eigenvalue weighted by Crippen LogP contribution is -2.34. The van der Waals surface area contributed by atoms with Crippen LogP contribution in [-0.4, -0.2) is 28.9 Å². The van der Waals surface area contributed by atoms with Crippen LogP contribution in [0.5, 0.6) is 0 Å². The molecular formula is C27H31N3O2.